The van der Waals surface area contributed by atoms with Crippen molar-refractivity contribution in [3.05, 3.63) is 27.5 Å². The molecule has 0 nitrogen and oxygen atoms in total. The van der Waals surface area contributed by atoms with Gasteiger partial charge in [0.1, 0.15) is 0 Å². The maximum Gasteiger partial charge on any atom is 0.0299 e. The van der Waals surface area contributed by atoms with Crippen LogP contribution >= 0.6 is 11.3 Å². The van der Waals surface area contributed by atoms with Crippen molar-refractivity contribution in [2.45, 2.75) is 20.8 Å². The van der Waals surface area contributed by atoms with E-state index in [1.54, 1.807) is 0 Å². The van der Waals surface area contributed by atoms with E-state index in [2.05, 4.69) is 39.0 Å². The van der Waals surface area contributed by atoms with Gasteiger partial charge in [-0.3, -0.25) is 0 Å². The van der Waals surface area contributed by atoms with Gasteiger partial charge in [0.25, 0.3) is 0 Å². The van der Waals surface area contributed by atoms with E-state index >= 15 is 0 Å². The molecule has 0 fully saturated rings. The summed E-state index contributed by atoms with van der Waals surface area (Å²) in [4.78, 5) is 2.78. The van der Waals surface area contributed by atoms with Crippen LogP contribution < -0.4 is 0 Å². The van der Waals surface area contributed by atoms with Crippen LogP contribution in [0.4, 0.5) is 0 Å². The molecule has 1 aromatic rings. The molecule has 1 heteroatoms. The molecule has 0 amide bonds. The minimum Gasteiger partial charge on any atom is -0.141 e. The molecule has 1 rings (SSSR count). The lowest BCUT2D eigenvalue weighted by Crippen LogP contribution is -1.64. The monoisotopic (exact) mass is 152 g/mol. The van der Waals surface area contributed by atoms with Gasteiger partial charge in [0.15, 0.2) is 0 Å². The van der Waals surface area contributed by atoms with E-state index in [0.717, 1.165) is 0 Å². The molecular formula is C9H12S. The lowest BCUT2D eigenvalue weighted by atomic mass is 10.2. The second-order valence-corrected chi connectivity index (χ2v) is 3.69. The third-order valence-electron chi connectivity index (χ3n) is 1.40. The van der Waals surface area contributed by atoms with Gasteiger partial charge in [0.2, 0.25) is 0 Å². The van der Waals surface area contributed by atoms with Gasteiger partial charge in [-0.25, -0.2) is 0 Å². The van der Waals surface area contributed by atoms with Gasteiger partial charge in [-0.2, -0.15) is 0 Å². The Labute approximate surface area is 66.2 Å². The third-order valence-corrected chi connectivity index (χ3v) is 2.52. The standard InChI is InChI=1S/C9H12S/c1-4-5-9-7(2)6-8(3)10-9/h4-6H,1-3H3. The molecule has 0 atom stereocenters. The van der Waals surface area contributed by atoms with Crippen molar-refractivity contribution < 1.29 is 0 Å². The van der Waals surface area contributed by atoms with Crippen LogP contribution in [0.5, 0.6) is 0 Å². The number of hydrogen-bond acceptors (Lipinski definition) is 1. The fourth-order valence-corrected chi connectivity index (χ4v) is 1.98. The summed E-state index contributed by atoms with van der Waals surface area (Å²) in [6, 6.07) is 2.22. The molecule has 54 valence electrons. The smallest absolute Gasteiger partial charge is 0.0299 e. The molecule has 0 bridgehead atoms. The average Bonchev–Trinajstić information content (AvgIpc) is 2.13. The van der Waals surface area contributed by atoms with Crippen LogP contribution in [0, 0.1) is 13.8 Å². The predicted molar refractivity (Wildman–Crippen MR) is 48.5 cm³/mol. The Morgan fingerprint density at radius 2 is 2.10 bits per heavy atom. The number of aryl methyl sites for hydroxylation is 2. The van der Waals surface area contributed by atoms with E-state index in [1.165, 1.54) is 15.3 Å². The Bertz CT molecular complexity index is 243. The quantitative estimate of drug-likeness (QED) is 0.578. The van der Waals surface area contributed by atoms with Crippen molar-refractivity contribution in [3.8, 4) is 0 Å². The summed E-state index contributed by atoms with van der Waals surface area (Å²) in [7, 11) is 0. The van der Waals surface area contributed by atoms with Gasteiger partial charge in [-0.15, -0.1) is 11.3 Å². The molecule has 0 saturated heterocycles. The van der Waals surface area contributed by atoms with E-state index < -0.39 is 0 Å². The van der Waals surface area contributed by atoms with E-state index in [0.29, 0.717) is 0 Å². The SMILES string of the molecule is CC=Cc1sc(C)cc1C. The largest absolute Gasteiger partial charge is 0.141 e. The molecule has 0 aliphatic heterocycles. The highest BCUT2D eigenvalue weighted by Gasteiger charge is 1.96. The first kappa shape index (κ1) is 7.55. The fourth-order valence-electron chi connectivity index (χ4n) is 0.976. The van der Waals surface area contributed by atoms with E-state index in [9.17, 15) is 0 Å². The van der Waals surface area contributed by atoms with Gasteiger partial charge >= 0.3 is 0 Å². The third kappa shape index (κ3) is 1.48. The molecule has 0 aliphatic carbocycles. The second-order valence-electron chi connectivity index (χ2n) is 2.40. The van der Waals surface area contributed by atoms with Gasteiger partial charge in [0, 0.05) is 9.75 Å². The molecular weight excluding hydrogens is 140 g/mol. The number of allylic oxidation sites excluding steroid dienone is 1. The summed E-state index contributed by atoms with van der Waals surface area (Å²) in [6.45, 7) is 6.35. The highest BCUT2D eigenvalue weighted by atomic mass is 32.1. The van der Waals surface area contributed by atoms with E-state index in [-0.39, 0.29) is 0 Å². The van der Waals surface area contributed by atoms with Crippen LogP contribution in [0.25, 0.3) is 6.08 Å². The Kier molecular flexibility index (Phi) is 2.28. The lowest BCUT2D eigenvalue weighted by molar-refractivity contribution is 1.49. The molecule has 0 spiro atoms. The topological polar surface area (TPSA) is 0 Å². The van der Waals surface area contributed by atoms with Crippen molar-refractivity contribution in [2.75, 3.05) is 0 Å². The van der Waals surface area contributed by atoms with Crippen molar-refractivity contribution in [2.24, 2.45) is 0 Å². The van der Waals surface area contributed by atoms with Gasteiger partial charge in [-0.1, -0.05) is 6.08 Å². The summed E-state index contributed by atoms with van der Waals surface area (Å²) in [6.07, 6.45) is 4.24. The first-order valence-electron chi connectivity index (χ1n) is 3.43. The van der Waals surface area contributed by atoms with E-state index in [4.69, 9.17) is 0 Å². The first-order chi connectivity index (χ1) is 4.74. The Morgan fingerprint density at radius 3 is 2.50 bits per heavy atom. The summed E-state index contributed by atoms with van der Waals surface area (Å²) >= 11 is 1.85. The summed E-state index contributed by atoms with van der Waals surface area (Å²) in [5.41, 5.74) is 1.39. The molecule has 0 aliphatic rings. The average molecular weight is 152 g/mol. The molecule has 1 heterocycles. The first-order valence-corrected chi connectivity index (χ1v) is 4.25. The Balaban J connectivity index is 3.03. The number of hydrogen-bond donors (Lipinski definition) is 0. The number of thiophene rings is 1. The zero-order valence-electron chi connectivity index (χ0n) is 6.64. The van der Waals surface area contributed by atoms with Gasteiger partial charge < -0.3 is 0 Å². The molecule has 0 N–H and O–H groups in total. The van der Waals surface area contributed by atoms with Crippen LogP contribution in [-0.2, 0) is 0 Å². The maximum atomic E-state index is 2.22. The zero-order chi connectivity index (χ0) is 7.56. The van der Waals surface area contributed by atoms with E-state index in [1.807, 2.05) is 11.3 Å². The maximum absolute atomic E-state index is 2.22. The minimum absolute atomic E-state index is 1.39. The highest BCUT2D eigenvalue weighted by molar-refractivity contribution is 7.13. The summed E-state index contributed by atoms with van der Waals surface area (Å²) in [5.74, 6) is 0. The predicted octanol–water partition coefficient (Wildman–Crippen LogP) is 3.40. The van der Waals surface area contributed by atoms with Crippen LogP contribution in [0.1, 0.15) is 22.2 Å². The van der Waals surface area contributed by atoms with Crippen LogP contribution in [-0.4, -0.2) is 0 Å². The van der Waals surface area contributed by atoms with Gasteiger partial charge in [-0.05, 0) is 38.5 Å². The molecule has 0 saturated carbocycles. The van der Waals surface area contributed by atoms with Crippen molar-refractivity contribution in [3.63, 3.8) is 0 Å². The van der Waals surface area contributed by atoms with Crippen LogP contribution in [0.2, 0.25) is 0 Å². The zero-order valence-corrected chi connectivity index (χ0v) is 7.46. The fraction of sp³-hybridized carbons (Fsp3) is 0.333. The summed E-state index contributed by atoms with van der Waals surface area (Å²) in [5, 5.41) is 0. The van der Waals surface area contributed by atoms with Crippen LogP contribution in [0.15, 0.2) is 12.1 Å². The Morgan fingerprint density at radius 1 is 1.40 bits per heavy atom. The summed E-state index contributed by atoms with van der Waals surface area (Å²) < 4.78 is 0. The van der Waals surface area contributed by atoms with Crippen molar-refractivity contribution >= 4 is 17.4 Å². The lowest BCUT2D eigenvalue weighted by Gasteiger charge is -1.84. The molecule has 0 radical (unpaired) electrons. The molecule has 0 aromatic carbocycles. The molecule has 10 heavy (non-hydrogen) atoms. The number of rotatable bonds is 1. The molecule has 1 aromatic heterocycles. The molecule has 0 unspecified atom stereocenters. The van der Waals surface area contributed by atoms with Crippen molar-refractivity contribution in [1.82, 2.24) is 0 Å². The second kappa shape index (κ2) is 3.02. The highest BCUT2D eigenvalue weighted by Crippen LogP contribution is 2.21. The van der Waals surface area contributed by atoms with Crippen molar-refractivity contribution in [1.29, 1.82) is 0 Å². The van der Waals surface area contributed by atoms with Gasteiger partial charge in [0.05, 0.1) is 0 Å². The Hall–Kier alpha value is -0.560. The normalized spacial score (nSPS) is 11.1. The minimum atomic E-state index is 1.39. The van der Waals surface area contributed by atoms with Crippen LogP contribution in [0.3, 0.4) is 0 Å².